The normalized spacial score (nSPS) is 10.2. The summed E-state index contributed by atoms with van der Waals surface area (Å²) in [5, 5.41) is 3.13. The van der Waals surface area contributed by atoms with Crippen molar-refractivity contribution in [1.82, 2.24) is 0 Å². The molecular weight excluding hydrogens is 370 g/mol. The molecule has 6 heteroatoms. The van der Waals surface area contributed by atoms with E-state index in [-0.39, 0.29) is 6.61 Å². The van der Waals surface area contributed by atoms with Gasteiger partial charge in [-0.15, -0.1) is 0 Å². The number of hydrogen-bond acceptors (Lipinski definition) is 3. The van der Waals surface area contributed by atoms with Crippen LogP contribution in [0, 0.1) is 6.92 Å². The monoisotopic (exact) mass is 383 g/mol. The third-order valence-corrected chi connectivity index (χ3v) is 3.97. The molecule has 0 spiro atoms. The second kappa shape index (κ2) is 7.51. The molecule has 1 N–H and O–H groups in total. The summed E-state index contributed by atoms with van der Waals surface area (Å²) < 4.78 is 11.3. The molecule has 0 atom stereocenters. The number of ether oxygens (including phenoxy) is 2. The van der Waals surface area contributed by atoms with Crippen molar-refractivity contribution in [2.24, 2.45) is 0 Å². The maximum Gasteiger partial charge on any atom is 0.411 e. The van der Waals surface area contributed by atoms with Crippen molar-refractivity contribution < 1.29 is 14.3 Å². The number of carbonyl (C=O) groups is 1. The third kappa shape index (κ3) is 4.15. The Kier molecular flexibility index (Phi) is 5.69. The lowest BCUT2D eigenvalue weighted by Gasteiger charge is -2.14. The molecule has 0 fully saturated rings. The molecule has 0 bridgehead atoms. The fourth-order valence-corrected chi connectivity index (χ4v) is 2.69. The van der Waals surface area contributed by atoms with Gasteiger partial charge in [0.2, 0.25) is 0 Å². The highest BCUT2D eigenvalue weighted by Gasteiger charge is 2.12. The first-order valence-corrected chi connectivity index (χ1v) is 7.69. The summed E-state index contributed by atoms with van der Waals surface area (Å²) in [5.74, 6) is 0.703. The molecule has 0 aliphatic rings. The number of benzene rings is 2. The highest BCUT2D eigenvalue weighted by molar-refractivity contribution is 9.10. The summed E-state index contributed by atoms with van der Waals surface area (Å²) in [4.78, 5) is 11.4. The van der Waals surface area contributed by atoms with Gasteiger partial charge in [-0.3, -0.25) is 5.32 Å². The Hall–Kier alpha value is -1.72. The Bertz CT molecular complexity index is 691. The first-order valence-electron chi connectivity index (χ1n) is 6.52. The topological polar surface area (TPSA) is 47.6 Å². The number of nitrogens with one attached hydrogen (secondary N) is 1. The van der Waals surface area contributed by atoms with E-state index in [1.165, 1.54) is 7.11 Å². The fourth-order valence-electron chi connectivity index (χ4n) is 1.86. The summed E-state index contributed by atoms with van der Waals surface area (Å²) in [6.45, 7) is 2.22. The molecule has 0 aliphatic carbocycles. The van der Waals surface area contributed by atoms with Crippen molar-refractivity contribution in [2.45, 2.75) is 13.5 Å². The molecule has 0 heterocycles. The maximum absolute atomic E-state index is 11.4. The molecule has 116 valence electrons. The lowest BCUT2D eigenvalue weighted by molar-refractivity contribution is 0.187. The standard InChI is InChI=1S/C16H15BrClNO3/c1-10-6-7-15(12(17)8-10)22-9-11-13(18)4-3-5-14(11)19-16(20)21-2/h3-8H,9H2,1-2H3,(H,19,20). The summed E-state index contributed by atoms with van der Waals surface area (Å²) in [5.41, 5.74) is 2.37. The molecule has 0 unspecified atom stereocenters. The second-order valence-electron chi connectivity index (χ2n) is 4.61. The molecule has 1 amide bonds. The largest absolute Gasteiger partial charge is 0.488 e. The van der Waals surface area contributed by atoms with Crippen molar-refractivity contribution >= 4 is 39.3 Å². The van der Waals surface area contributed by atoms with Gasteiger partial charge in [-0.25, -0.2) is 4.79 Å². The average Bonchev–Trinajstić information content (AvgIpc) is 2.48. The summed E-state index contributed by atoms with van der Waals surface area (Å²) in [6.07, 6.45) is -0.556. The summed E-state index contributed by atoms with van der Waals surface area (Å²) >= 11 is 9.66. The van der Waals surface area contributed by atoms with E-state index in [2.05, 4.69) is 26.0 Å². The summed E-state index contributed by atoms with van der Waals surface area (Å²) in [7, 11) is 1.31. The van der Waals surface area contributed by atoms with Crippen LogP contribution in [-0.2, 0) is 11.3 Å². The second-order valence-corrected chi connectivity index (χ2v) is 5.87. The molecule has 0 radical (unpaired) electrons. The molecule has 22 heavy (non-hydrogen) atoms. The zero-order chi connectivity index (χ0) is 16.1. The van der Waals surface area contributed by atoms with E-state index in [9.17, 15) is 4.79 Å². The molecule has 2 aromatic carbocycles. The van der Waals surface area contributed by atoms with Gasteiger partial charge in [-0.2, -0.15) is 0 Å². The Morgan fingerprint density at radius 2 is 2.09 bits per heavy atom. The van der Waals surface area contributed by atoms with E-state index in [1.54, 1.807) is 18.2 Å². The van der Waals surface area contributed by atoms with Crippen LogP contribution in [0.5, 0.6) is 5.75 Å². The fraction of sp³-hybridized carbons (Fsp3) is 0.188. The van der Waals surface area contributed by atoms with Crippen LogP contribution in [0.15, 0.2) is 40.9 Å². The molecule has 0 saturated heterocycles. The minimum atomic E-state index is -0.556. The number of methoxy groups -OCH3 is 1. The van der Waals surface area contributed by atoms with E-state index in [4.69, 9.17) is 16.3 Å². The van der Waals surface area contributed by atoms with Gasteiger partial charge < -0.3 is 9.47 Å². The predicted octanol–water partition coefficient (Wildman–Crippen LogP) is 5.17. The van der Waals surface area contributed by atoms with Gasteiger partial charge in [0.1, 0.15) is 12.4 Å². The average molecular weight is 385 g/mol. The van der Waals surface area contributed by atoms with Gasteiger partial charge in [0.25, 0.3) is 0 Å². The van der Waals surface area contributed by atoms with Crippen molar-refractivity contribution in [3.63, 3.8) is 0 Å². The van der Waals surface area contributed by atoms with Crippen LogP contribution in [0.25, 0.3) is 0 Å². The van der Waals surface area contributed by atoms with Crippen LogP contribution in [0.2, 0.25) is 5.02 Å². The number of aryl methyl sites for hydroxylation is 1. The highest BCUT2D eigenvalue weighted by atomic mass is 79.9. The van der Waals surface area contributed by atoms with Crippen molar-refractivity contribution in [1.29, 1.82) is 0 Å². The maximum atomic E-state index is 11.4. The lowest BCUT2D eigenvalue weighted by atomic mass is 10.2. The van der Waals surface area contributed by atoms with Gasteiger partial charge in [0, 0.05) is 10.6 Å². The SMILES string of the molecule is COC(=O)Nc1cccc(Cl)c1COc1ccc(C)cc1Br. The molecule has 0 aliphatic heterocycles. The van der Waals surface area contributed by atoms with Crippen LogP contribution in [0.3, 0.4) is 0 Å². The lowest BCUT2D eigenvalue weighted by Crippen LogP contribution is -2.13. The van der Waals surface area contributed by atoms with E-state index in [1.807, 2.05) is 25.1 Å². The number of amides is 1. The van der Waals surface area contributed by atoms with Gasteiger partial charge >= 0.3 is 6.09 Å². The molecule has 2 rings (SSSR count). The molecule has 0 aromatic heterocycles. The third-order valence-electron chi connectivity index (χ3n) is 3.00. The zero-order valence-corrected chi connectivity index (χ0v) is 14.5. The van der Waals surface area contributed by atoms with Crippen LogP contribution in [0.4, 0.5) is 10.5 Å². The van der Waals surface area contributed by atoms with Gasteiger partial charge in [0.15, 0.2) is 0 Å². The van der Waals surface area contributed by atoms with Crippen LogP contribution in [-0.4, -0.2) is 13.2 Å². The van der Waals surface area contributed by atoms with E-state index in [0.717, 1.165) is 10.0 Å². The van der Waals surface area contributed by atoms with Crippen LogP contribution in [0.1, 0.15) is 11.1 Å². The Morgan fingerprint density at radius 3 is 2.77 bits per heavy atom. The Labute approximate surface area is 142 Å². The van der Waals surface area contributed by atoms with Crippen molar-refractivity contribution in [2.75, 3.05) is 12.4 Å². The van der Waals surface area contributed by atoms with E-state index in [0.29, 0.717) is 22.0 Å². The molecule has 2 aromatic rings. The highest BCUT2D eigenvalue weighted by Crippen LogP contribution is 2.30. The predicted molar refractivity (Wildman–Crippen MR) is 90.7 cm³/mol. The minimum absolute atomic E-state index is 0.223. The zero-order valence-electron chi connectivity index (χ0n) is 12.2. The summed E-state index contributed by atoms with van der Waals surface area (Å²) in [6, 6.07) is 11.0. The number of rotatable bonds is 4. The number of halogens is 2. The first-order chi connectivity index (χ1) is 10.5. The number of hydrogen-bond donors (Lipinski definition) is 1. The van der Waals surface area contributed by atoms with Crippen LogP contribution >= 0.6 is 27.5 Å². The van der Waals surface area contributed by atoms with Gasteiger partial charge in [-0.1, -0.05) is 23.7 Å². The van der Waals surface area contributed by atoms with Gasteiger partial charge in [0.05, 0.1) is 17.3 Å². The van der Waals surface area contributed by atoms with Crippen molar-refractivity contribution in [3.05, 3.63) is 57.0 Å². The van der Waals surface area contributed by atoms with E-state index >= 15 is 0 Å². The van der Waals surface area contributed by atoms with E-state index < -0.39 is 6.09 Å². The molecular formula is C16H15BrClNO3. The van der Waals surface area contributed by atoms with Crippen LogP contribution < -0.4 is 10.1 Å². The minimum Gasteiger partial charge on any atom is -0.488 e. The quantitative estimate of drug-likeness (QED) is 0.791. The molecule has 4 nitrogen and oxygen atoms in total. The number of anilines is 1. The Morgan fingerprint density at radius 1 is 1.32 bits per heavy atom. The Balaban J connectivity index is 2.19. The smallest absolute Gasteiger partial charge is 0.411 e. The van der Waals surface area contributed by atoms with Gasteiger partial charge in [-0.05, 0) is 52.7 Å². The molecule has 0 saturated carbocycles. The first kappa shape index (κ1) is 16.6. The number of carbonyl (C=O) groups excluding carboxylic acids is 1. The van der Waals surface area contributed by atoms with Crippen molar-refractivity contribution in [3.8, 4) is 5.75 Å².